The number of amides is 2. The molecule has 1 aliphatic heterocycles. The molecule has 0 radical (unpaired) electrons. The van der Waals surface area contributed by atoms with Crippen LogP contribution in [-0.4, -0.2) is 36.4 Å². The van der Waals surface area contributed by atoms with Crippen LogP contribution in [0.2, 0.25) is 0 Å². The number of carbonyl (C=O) groups is 1. The van der Waals surface area contributed by atoms with Crippen molar-refractivity contribution in [2.75, 3.05) is 4.90 Å². The predicted octanol–water partition coefficient (Wildman–Crippen LogP) is 5.12. The van der Waals surface area contributed by atoms with Gasteiger partial charge in [0.2, 0.25) is 0 Å². The summed E-state index contributed by atoms with van der Waals surface area (Å²) >= 11 is 3.29. The fourth-order valence-corrected chi connectivity index (χ4v) is 6.24. The van der Waals surface area contributed by atoms with Crippen molar-refractivity contribution in [1.82, 2.24) is 29.6 Å². The van der Waals surface area contributed by atoms with E-state index in [2.05, 4.69) is 51.7 Å². The van der Waals surface area contributed by atoms with Crippen LogP contribution in [0.4, 0.5) is 9.80 Å². The van der Waals surface area contributed by atoms with Gasteiger partial charge in [0.05, 0.1) is 35.2 Å². The molecule has 0 saturated heterocycles. The second-order valence-electron chi connectivity index (χ2n) is 9.26. The molecule has 4 aromatic rings. The van der Waals surface area contributed by atoms with Crippen molar-refractivity contribution in [3.8, 4) is 0 Å². The Morgan fingerprint density at radius 2 is 2.03 bits per heavy atom. The number of fused-ring (bicyclic) bond motifs is 2. The van der Waals surface area contributed by atoms with Gasteiger partial charge in [-0.1, -0.05) is 18.7 Å². The number of hydrogen-bond acceptors (Lipinski definition) is 6. The summed E-state index contributed by atoms with van der Waals surface area (Å²) in [5, 5.41) is 13.4. The minimum Gasteiger partial charge on any atom is -0.289 e. The quantitative estimate of drug-likeness (QED) is 0.351. The third-order valence-electron chi connectivity index (χ3n) is 6.38. The van der Waals surface area contributed by atoms with Gasteiger partial charge in [-0.05, 0) is 49.4 Å². The molecule has 4 heterocycles. The van der Waals surface area contributed by atoms with E-state index in [0.717, 1.165) is 42.5 Å². The van der Waals surface area contributed by atoms with E-state index >= 15 is 0 Å². The highest BCUT2D eigenvalue weighted by molar-refractivity contribution is 7.99. The van der Waals surface area contributed by atoms with E-state index in [0.29, 0.717) is 13.1 Å². The first-order valence-corrected chi connectivity index (χ1v) is 12.8. The lowest BCUT2D eigenvalue weighted by molar-refractivity contribution is 0.221. The van der Waals surface area contributed by atoms with Crippen molar-refractivity contribution >= 4 is 50.9 Å². The van der Waals surface area contributed by atoms with Crippen LogP contribution in [0.5, 0.6) is 0 Å². The molecule has 6 rings (SSSR count). The Kier molecular flexibility index (Phi) is 5.05. The highest BCUT2D eigenvalue weighted by atomic mass is 32.2. The number of aromatic amines is 1. The minimum absolute atomic E-state index is 0.0772. The van der Waals surface area contributed by atoms with Crippen molar-refractivity contribution in [2.45, 2.75) is 42.6 Å². The Morgan fingerprint density at radius 1 is 1.21 bits per heavy atom. The smallest absolute Gasteiger partial charge is 0.289 e. The third kappa shape index (κ3) is 3.91. The van der Waals surface area contributed by atoms with E-state index in [9.17, 15) is 4.79 Å². The number of thiophene rings is 1. The molecule has 8 nitrogen and oxygen atoms in total. The molecule has 0 atom stereocenters. The van der Waals surface area contributed by atoms with Crippen LogP contribution in [0, 0.1) is 0 Å². The summed E-state index contributed by atoms with van der Waals surface area (Å²) < 4.78 is 6.46. The topological polar surface area (TPSA) is 82.1 Å². The summed E-state index contributed by atoms with van der Waals surface area (Å²) in [6, 6.07) is 8.22. The molecular formula is C24H25N7OS2. The zero-order valence-electron chi connectivity index (χ0n) is 19.0. The first-order chi connectivity index (χ1) is 16.4. The lowest BCUT2D eigenvalue weighted by Gasteiger charge is -2.36. The van der Waals surface area contributed by atoms with Gasteiger partial charge in [0.15, 0.2) is 0 Å². The number of benzene rings is 1. The lowest BCUT2D eigenvalue weighted by atomic mass is 10.1. The maximum atomic E-state index is 13.8. The fraction of sp³-hybridized carbons (Fsp3) is 0.292. The molecule has 2 aliphatic rings. The number of aromatic nitrogens is 4. The first kappa shape index (κ1) is 21.5. The number of carbonyl (C=O) groups excluding carboxylic acids is 1. The normalized spacial score (nSPS) is 17.0. The van der Waals surface area contributed by atoms with Crippen LogP contribution in [0.3, 0.4) is 0 Å². The van der Waals surface area contributed by atoms with Crippen LogP contribution in [-0.2, 0) is 20.1 Å². The van der Waals surface area contributed by atoms with E-state index < -0.39 is 0 Å². The van der Waals surface area contributed by atoms with Crippen molar-refractivity contribution < 1.29 is 4.79 Å². The number of nitrogens with zero attached hydrogens (tertiary/aromatic N) is 5. The number of urea groups is 1. The van der Waals surface area contributed by atoms with Gasteiger partial charge in [0, 0.05) is 41.0 Å². The van der Waals surface area contributed by atoms with E-state index in [1.807, 2.05) is 24.2 Å². The Labute approximate surface area is 205 Å². The molecule has 174 valence electrons. The largest absolute Gasteiger partial charge is 0.330 e. The standard InChI is InChI=1S/C24H25N7OS2/c1-15-19-9-21(34-28-24(2)6-7-24)33-22(19)31(13-16-4-5-18-11-25-27-20(18)8-16)23(32)30(15)14-17-10-26-29(3)12-17/h4-5,8-12,28H,1,6-7,13-14H2,2-3H3,(H,25,27). The second kappa shape index (κ2) is 8.00. The summed E-state index contributed by atoms with van der Waals surface area (Å²) in [5.41, 5.74) is 4.91. The summed E-state index contributed by atoms with van der Waals surface area (Å²) in [6.07, 6.45) is 7.91. The molecule has 1 aromatic carbocycles. The maximum Gasteiger partial charge on any atom is 0.330 e. The van der Waals surface area contributed by atoms with Crippen LogP contribution >= 0.6 is 23.3 Å². The van der Waals surface area contributed by atoms with Crippen LogP contribution < -0.4 is 9.62 Å². The Balaban J connectivity index is 1.35. The van der Waals surface area contributed by atoms with E-state index in [-0.39, 0.29) is 11.6 Å². The highest BCUT2D eigenvalue weighted by Gasteiger charge is 2.38. The average molecular weight is 492 g/mol. The molecule has 0 spiro atoms. The number of rotatable bonds is 7. The van der Waals surface area contributed by atoms with Gasteiger partial charge < -0.3 is 0 Å². The van der Waals surface area contributed by atoms with Crippen LogP contribution in [0.1, 0.15) is 36.5 Å². The molecule has 1 fully saturated rings. The number of aryl methyl sites for hydroxylation is 1. The van der Waals surface area contributed by atoms with E-state index in [1.165, 1.54) is 12.8 Å². The zero-order chi connectivity index (χ0) is 23.4. The van der Waals surface area contributed by atoms with Crippen molar-refractivity contribution in [2.24, 2.45) is 7.05 Å². The summed E-state index contributed by atoms with van der Waals surface area (Å²) in [7, 11) is 1.88. The summed E-state index contributed by atoms with van der Waals surface area (Å²) in [6.45, 7) is 7.45. The number of anilines is 1. The molecule has 34 heavy (non-hydrogen) atoms. The van der Waals surface area contributed by atoms with Gasteiger partial charge in [-0.2, -0.15) is 10.2 Å². The second-order valence-corrected chi connectivity index (χ2v) is 11.4. The van der Waals surface area contributed by atoms with Gasteiger partial charge in [0.25, 0.3) is 0 Å². The fourth-order valence-electron chi connectivity index (χ4n) is 4.08. The lowest BCUT2D eigenvalue weighted by Crippen LogP contribution is -2.44. The van der Waals surface area contributed by atoms with Crippen molar-refractivity contribution in [1.29, 1.82) is 0 Å². The maximum absolute atomic E-state index is 13.8. The Morgan fingerprint density at radius 3 is 2.79 bits per heavy atom. The monoisotopic (exact) mass is 491 g/mol. The van der Waals surface area contributed by atoms with Crippen LogP contribution in [0.25, 0.3) is 16.6 Å². The summed E-state index contributed by atoms with van der Waals surface area (Å²) in [4.78, 5) is 17.4. The molecule has 2 amide bonds. The van der Waals surface area contributed by atoms with E-state index in [4.69, 9.17) is 0 Å². The molecule has 10 heteroatoms. The average Bonchev–Trinajstić information content (AvgIpc) is 3.21. The van der Waals surface area contributed by atoms with Gasteiger partial charge in [-0.3, -0.25) is 24.3 Å². The first-order valence-electron chi connectivity index (χ1n) is 11.1. The van der Waals surface area contributed by atoms with E-state index in [1.54, 1.807) is 45.3 Å². The van der Waals surface area contributed by atoms with Crippen molar-refractivity contribution in [3.05, 3.63) is 66.1 Å². The predicted molar refractivity (Wildman–Crippen MR) is 136 cm³/mol. The Hall–Kier alpha value is -3.08. The Bertz CT molecular complexity index is 1410. The molecule has 1 aliphatic carbocycles. The van der Waals surface area contributed by atoms with Gasteiger partial charge >= 0.3 is 6.03 Å². The highest BCUT2D eigenvalue weighted by Crippen LogP contribution is 2.46. The SMILES string of the molecule is C=C1c2cc(SNC3(C)CC3)sc2N(Cc2ccc3cn[nH]c3c2)C(=O)N1Cc1cnn(C)c1. The molecule has 0 unspecified atom stereocenters. The molecular weight excluding hydrogens is 466 g/mol. The van der Waals surface area contributed by atoms with Crippen LogP contribution in [0.15, 0.2) is 53.6 Å². The summed E-state index contributed by atoms with van der Waals surface area (Å²) in [5.74, 6) is 0. The zero-order valence-corrected chi connectivity index (χ0v) is 20.7. The number of nitrogens with one attached hydrogen (secondary N) is 2. The molecule has 3 aromatic heterocycles. The number of hydrogen-bond donors (Lipinski definition) is 2. The minimum atomic E-state index is -0.0772. The van der Waals surface area contributed by atoms with Gasteiger partial charge in [-0.15, -0.1) is 11.3 Å². The van der Waals surface area contributed by atoms with Gasteiger partial charge in [0.1, 0.15) is 5.00 Å². The number of H-pyrrole nitrogens is 1. The van der Waals surface area contributed by atoms with Gasteiger partial charge in [-0.25, -0.2) is 4.79 Å². The molecule has 0 bridgehead atoms. The third-order valence-corrected chi connectivity index (χ3v) is 8.74. The van der Waals surface area contributed by atoms with Crippen molar-refractivity contribution in [3.63, 3.8) is 0 Å². The molecule has 1 saturated carbocycles. The molecule has 2 N–H and O–H groups in total.